The van der Waals surface area contributed by atoms with Gasteiger partial charge in [-0.1, -0.05) is 6.07 Å². The summed E-state index contributed by atoms with van der Waals surface area (Å²) in [5, 5.41) is 12.0. The maximum atomic E-state index is 13.2. The Morgan fingerprint density at radius 3 is 2.71 bits per heavy atom. The molecule has 1 amide bonds. The second-order valence-corrected chi connectivity index (χ2v) is 9.21. The van der Waals surface area contributed by atoms with Crippen LogP contribution in [0.4, 0.5) is 0 Å². The quantitative estimate of drug-likeness (QED) is 0.739. The molecule has 0 radical (unpaired) electrons. The molecule has 28 heavy (non-hydrogen) atoms. The number of rotatable bonds is 4. The van der Waals surface area contributed by atoms with Crippen molar-refractivity contribution in [3.63, 3.8) is 0 Å². The van der Waals surface area contributed by atoms with E-state index < -0.39 is 0 Å². The number of aromatic nitrogens is 3. The molecule has 144 valence electrons. The lowest BCUT2D eigenvalue weighted by atomic mass is 9.84. The van der Waals surface area contributed by atoms with Crippen LogP contribution in [0, 0.1) is 5.92 Å². The average Bonchev–Trinajstić information content (AvgIpc) is 3.28. The van der Waals surface area contributed by atoms with Crippen molar-refractivity contribution in [1.29, 1.82) is 0 Å². The number of nitrogens with one attached hydrogen (secondary N) is 1. The summed E-state index contributed by atoms with van der Waals surface area (Å²) in [6.07, 6.45) is 6.49. The van der Waals surface area contributed by atoms with E-state index in [0.717, 1.165) is 40.9 Å². The predicted molar refractivity (Wildman–Crippen MR) is 110 cm³/mol. The van der Waals surface area contributed by atoms with Crippen molar-refractivity contribution in [2.75, 3.05) is 19.6 Å². The third-order valence-corrected chi connectivity index (χ3v) is 7.29. The fourth-order valence-corrected chi connectivity index (χ4v) is 5.40. The molecule has 1 saturated carbocycles. The van der Waals surface area contributed by atoms with Gasteiger partial charge in [-0.05, 0) is 56.8 Å². The molecule has 1 atom stereocenters. The predicted octanol–water partition coefficient (Wildman–Crippen LogP) is 3.32. The Balaban J connectivity index is 1.35. The van der Waals surface area contributed by atoms with Crippen LogP contribution in [0.25, 0.3) is 21.5 Å². The molecule has 7 rings (SSSR count). The van der Waals surface area contributed by atoms with Crippen LogP contribution in [0.2, 0.25) is 0 Å². The highest BCUT2D eigenvalue weighted by molar-refractivity contribution is 7.13. The van der Waals surface area contributed by atoms with Gasteiger partial charge in [-0.15, -0.1) is 11.3 Å². The van der Waals surface area contributed by atoms with Gasteiger partial charge in [0, 0.05) is 35.1 Å². The number of carbonyl (C=O) groups excluding carboxylic acids is 1. The van der Waals surface area contributed by atoms with Crippen molar-refractivity contribution >= 4 is 28.1 Å². The molecule has 0 spiro atoms. The van der Waals surface area contributed by atoms with E-state index in [1.54, 1.807) is 11.3 Å². The summed E-state index contributed by atoms with van der Waals surface area (Å²) in [5.41, 5.74) is 2.71. The van der Waals surface area contributed by atoms with Crippen LogP contribution in [0.15, 0.2) is 29.8 Å². The summed E-state index contributed by atoms with van der Waals surface area (Å²) >= 11 is 1.63. The third-order valence-electron chi connectivity index (χ3n) is 6.47. The standard InChI is InChI=1S/C21H23N5OS/c27-20(23-17-12-25-8-5-13(17)6-9-25)19-16-4-1-14(21-22-7-10-28-21)11-18(16)26(24-19)15-2-3-15/h1,4,7,10-11,13,15,17H,2-3,5-6,8-9,12H2,(H,23,27)/t17-/m1/s1. The second-order valence-electron chi connectivity index (χ2n) is 8.31. The number of piperidine rings is 3. The van der Waals surface area contributed by atoms with Crippen LogP contribution in [-0.4, -0.2) is 51.2 Å². The summed E-state index contributed by atoms with van der Waals surface area (Å²) in [6.45, 7) is 3.33. The van der Waals surface area contributed by atoms with E-state index in [0.29, 0.717) is 17.7 Å². The Labute approximate surface area is 167 Å². The van der Waals surface area contributed by atoms with Crippen LogP contribution in [0.3, 0.4) is 0 Å². The first-order chi connectivity index (χ1) is 13.8. The smallest absolute Gasteiger partial charge is 0.272 e. The minimum atomic E-state index is -0.0230. The number of hydrogen-bond donors (Lipinski definition) is 1. The van der Waals surface area contributed by atoms with Crippen LogP contribution in [-0.2, 0) is 0 Å². The van der Waals surface area contributed by atoms with Crippen molar-refractivity contribution in [2.45, 2.75) is 37.8 Å². The van der Waals surface area contributed by atoms with Crippen LogP contribution in [0.1, 0.15) is 42.2 Å². The molecule has 1 N–H and O–H groups in total. The van der Waals surface area contributed by atoms with E-state index in [2.05, 4.69) is 32.0 Å². The van der Waals surface area contributed by atoms with Gasteiger partial charge in [-0.25, -0.2) is 4.98 Å². The van der Waals surface area contributed by atoms with E-state index in [4.69, 9.17) is 5.10 Å². The third kappa shape index (κ3) is 2.76. The lowest BCUT2D eigenvalue weighted by Crippen LogP contribution is -2.57. The maximum Gasteiger partial charge on any atom is 0.272 e. The number of benzene rings is 1. The number of nitrogens with zero attached hydrogens (tertiary/aromatic N) is 4. The summed E-state index contributed by atoms with van der Waals surface area (Å²) in [6, 6.07) is 6.93. The number of fused-ring (bicyclic) bond motifs is 4. The molecule has 0 unspecified atom stereocenters. The van der Waals surface area contributed by atoms with Gasteiger partial charge in [0.1, 0.15) is 5.01 Å². The number of carbonyl (C=O) groups is 1. The van der Waals surface area contributed by atoms with Gasteiger partial charge in [-0.2, -0.15) is 5.10 Å². The Bertz CT molecular complexity index is 1030. The van der Waals surface area contributed by atoms with Gasteiger partial charge in [0.05, 0.1) is 11.6 Å². The van der Waals surface area contributed by atoms with Crippen molar-refractivity contribution < 1.29 is 4.79 Å². The molecule has 3 aliphatic heterocycles. The molecule has 3 saturated heterocycles. The van der Waals surface area contributed by atoms with Crippen molar-refractivity contribution in [1.82, 2.24) is 25.0 Å². The monoisotopic (exact) mass is 393 g/mol. The van der Waals surface area contributed by atoms with E-state index >= 15 is 0 Å². The number of hydrogen-bond acceptors (Lipinski definition) is 5. The van der Waals surface area contributed by atoms with E-state index in [1.165, 1.54) is 25.9 Å². The zero-order valence-electron chi connectivity index (χ0n) is 15.7. The first-order valence-corrected chi connectivity index (χ1v) is 11.1. The summed E-state index contributed by atoms with van der Waals surface area (Å²) in [5.74, 6) is 0.590. The second kappa shape index (κ2) is 6.39. The fraction of sp³-hybridized carbons (Fsp3) is 0.476. The van der Waals surface area contributed by atoms with Crippen LogP contribution < -0.4 is 5.32 Å². The molecule has 7 heteroatoms. The maximum absolute atomic E-state index is 13.2. The van der Waals surface area contributed by atoms with Crippen LogP contribution >= 0.6 is 11.3 Å². The molecule has 3 aromatic rings. The Kier molecular flexibility index (Phi) is 3.81. The van der Waals surface area contributed by atoms with E-state index in [-0.39, 0.29) is 11.9 Å². The fourth-order valence-electron chi connectivity index (χ4n) is 4.77. The molecule has 2 aromatic heterocycles. The Morgan fingerprint density at radius 1 is 1.18 bits per heavy atom. The zero-order valence-corrected chi connectivity index (χ0v) is 16.5. The lowest BCUT2D eigenvalue weighted by molar-refractivity contribution is 0.0618. The SMILES string of the molecule is O=C(N[C@@H]1CN2CCC1CC2)c1nn(C2CC2)c2cc(-c3nccs3)ccc12. The topological polar surface area (TPSA) is 63.1 Å². The molecule has 4 aliphatic rings. The minimum Gasteiger partial charge on any atom is -0.346 e. The molecule has 1 aliphatic carbocycles. The van der Waals surface area contributed by atoms with Crippen molar-refractivity contribution in [2.24, 2.45) is 5.92 Å². The average molecular weight is 394 g/mol. The zero-order chi connectivity index (χ0) is 18.7. The first kappa shape index (κ1) is 16.7. The minimum absolute atomic E-state index is 0.0230. The molecule has 6 nitrogen and oxygen atoms in total. The Morgan fingerprint density at radius 2 is 2.04 bits per heavy atom. The van der Waals surface area contributed by atoms with Gasteiger partial charge in [0.15, 0.2) is 5.69 Å². The molecular weight excluding hydrogens is 370 g/mol. The first-order valence-electron chi connectivity index (χ1n) is 10.2. The summed E-state index contributed by atoms with van der Waals surface area (Å²) in [7, 11) is 0. The van der Waals surface area contributed by atoms with E-state index in [1.807, 2.05) is 17.6 Å². The number of thiazole rings is 1. The van der Waals surface area contributed by atoms with E-state index in [9.17, 15) is 4.79 Å². The van der Waals surface area contributed by atoms with Gasteiger partial charge in [-0.3, -0.25) is 9.48 Å². The molecule has 5 heterocycles. The molecular formula is C21H23N5OS. The molecule has 2 bridgehead atoms. The van der Waals surface area contributed by atoms with Gasteiger partial charge in [0.25, 0.3) is 5.91 Å². The van der Waals surface area contributed by atoms with Crippen molar-refractivity contribution in [3.8, 4) is 10.6 Å². The highest BCUT2D eigenvalue weighted by Crippen LogP contribution is 2.39. The van der Waals surface area contributed by atoms with Gasteiger partial charge < -0.3 is 10.2 Å². The largest absolute Gasteiger partial charge is 0.346 e. The van der Waals surface area contributed by atoms with Gasteiger partial charge in [0.2, 0.25) is 0 Å². The molecule has 4 fully saturated rings. The highest BCUT2D eigenvalue weighted by atomic mass is 32.1. The van der Waals surface area contributed by atoms with Gasteiger partial charge >= 0.3 is 0 Å². The summed E-state index contributed by atoms with van der Waals surface area (Å²) in [4.78, 5) is 20.1. The lowest BCUT2D eigenvalue weighted by Gasteiger charge is -2.44. The summed E-state index contributed by atoms with van der Waals surface area (Å²) < 4.78 is 2.07. The molecule has 1 aromatic carbocycles. The van der Waals surface area contributed by atoms with Crippen molar-refractivity contribution in [3.05, 3.63) is 35.5 Å². The number of amides is 1. The normalized spacial score (nSPS) is 26.6. The van der Waals surface area contributed by atoms with Crippen LogP contribution in [0.5, 0.6) is 0 Å². The Hall–Kier alpha value is -2.25. The highest BCUT2D eigenvalue weighted by Gasteiger charge is 2.36.